The number of thiophene rings is 1. The van der Waals surface area contributed by atoms with Gasteiger partial charge in [-0.3, -0.25) is 4.79 Å². The van der Waals surface area contributed by atoms with Gasteiger partial charge in [-0.2, -0.15) is 4.72 Å². The van der Waals surface area contributed by atoms with E-state index in [9.17, 15) is 18.3 Å². The summed E-state index contributed by atoms with van der Waals surface area (Å²) in [5.41, 5.74) is -1.35. The van der Waals surface area contributed by atoms with Crippen LogP contribution >= 0.6 is 11.3 Å². The summed E-state index contributed by atoms with van der Waals surface area (Å²) in [6.45, 7) is 0. The highest BCUT2D eigenvalue weighted by molar-refractivity contribution is 7.91. The Morgan fingerprint density at radius 2 is 1.89 bits per heavy atom. The van der Waals surface area contributed by atoms with Crippen LogP contribution < -0.4 is 4.72 Å². The molecule has 0 saturated heterocycles. The van der Waals surface area contributed by atoms with E-state index in [1.54, 1.807) is 11.4 Å². The van der Waals surface area contributed by atoms with Crippen LogP contribution in [0.5, 0.6) is 0 Å². The number of rotatable bonds is 4. The van der Waals surface area contributed by atoms with Gasteiger partial charge in [-0.15, -0.1) is 11.3 Å². The van der Waals surface area contributed by atoms with E-state index in [4.69, 9.17) is 0 Å². The molecule has 2 rings (SSSR count). The highest BCUT2D eigenvalue weighted by Crippen LogP contribution is 2.30. The van der Waals surface area contributed by atoms with Gasteiger partial charge in [0, 0.05) is 0 Å². The molecule has 1 fully saturated rings. The van der Waals surface area contributed by atoms with Gasteiger partial charge in [-0.05, 0) is 24.3 Å². The predicted molar refractivity (Wildman–Crippen MR) is 72.7 cm³/mol. The summed E-state index contributed by atoms with van der Waals surface area (Å²) in [5.74, 6) is -1.07. The Labute approximate surface area is 116 Å². The number of sulfonamides is 1. The molecule has 106 valence electrons. The fourth-order valence-corrected chi connectivity index (χ4v) is 4.83. The molecule has 0 aromatic carbocycles. The molecule has 1 aliphatic carbocycles. The molecule has 1 saturated carbocycles. The van der Waals surface area contributed by atoms with Gasteiger partial charge < -0.3 is 5.11 Å². The van der Waals surface area contributed by atoms with Crippen molar-refractivity contribution in [2.24, 2.45) is 0 Å². The summed E-state index contributed by atoms with van der Waals surface area (Å²) in [6, 6.07) is 3.12. The second-order valence-corrected chi connectivity index (χ2v) is 7.70. The molecule has 0 unspecified atom stereocenters. The van der Waals surface area contributed by atoms with Gasteiger partial charge in [0.1, 0.15) is 9.75 Å². The Morgan fingerprint density at radius 1 is 1.26 bits per heavy atom. The lowest BCUT2D eigenvalue weighted by molar-refractivity contribution is -0.144. The minimum atomic E-state index is -3.75. The molecule has 0 aliphatic heterocycles. The minimum Gasteiger partial charge on any atom is -0.480 e. The number of aliphatic carboxylic acids is 1. The maximum absolute atomic E-state index is 12.2. The molecule has 5 nitrogen and oxygen atoms in total. The van der Waals surface area contributed by atoms with Crippen molar-refractivity contribution in [2.45, 2.75) is 48.3 Å². The standard InChI is InChI=1S/C12H17NO4S2/c14-11(15)12(7-3-1-2-4-8-12)13-19(16,17)10-6-5-9-18-10/h5-6,9,13H,1-4,7-8H2,(H,14,15). The van der Waals surface area contributed by atoms with E-state index in [0.29, 0.717) is 12.8 Å². The zero-order valence-electron chi connectivity index (χ0n) is 10.5. The van der Waals surface area contributed by atoms with Crippen LogP contribution in [-0.4, -0.2) is 25.0 Å². The third-order valence-electron chi connectivity index (χ3n) is 3.46. The van der Waals surface area contributed by atoms with Crippen LogP contribution in [0.2, 0.25) is 0 Å². The summed E-state index contributed by atoms with van der Waals surface area (Å²) in [4.78, 5) is 11.6. The molecule has 0 radical (unpaired) electrons. The molecule has 0 bridgehead atoms. The topological polar surface area (TPSA) is 83.5 Å². The molecule has 0 amide bonds. The fourth-order valence-electron chi connectivity index (χ4n) is 2.42. The van der Waals surface area contributed by atoms with E-state index in [2.05, 4.69) is 4.72 Å². The van der Waals surface area contributed by atoms with E-state index in [0.717, 1.165) is 37.0 Å². The first kappa shape index (κ1) is 14.5. The molecular weight excluding hydrogens is 286 g/mol. The molecule has 7 heteroatoms. The quantitative estimate of drug-likeness (QED) is 0.835. The first-order valence-corrected chi connectivity index (χ1v) is 8.63. The lowest BCUT2D eigenvalue weighted by Gasteiger charge is -2.28. The van der Waals surface area contributed by atoms with Crippen LogP contribution in [0.25, 0.3) is 0 Å². The first-order valence-electron chi connectivity index (χ1n) is 6.27. The number of nitrogens with one attached hydrogen (secondary N) is 1. The van der Waals surface area contributed by atoms with Crippen LogP contribution in [0.4, 0.5) is 0 Å². The lowest BCUT2D eigenvalue weighted by Crippen LogP contribution is -2.53. The summed E-state index contributed by atoms with van der Waals surface area (Å²) >= 11 is 1.09. The molecule has 19 heavy (non-hydrogen) atoms. The Bertz CT molecular complexity index is 528. The molecule has 2 N–H and O–H groups in total. The Kier molecular flexibility index (Phi) is 4.27. The van der Waals surface area contributed by atoms with Crippen LogP contribution in [0, 0.1) is 0 Å². The average Bonchev–Trinajstić information content (AvgIpc) is 2.78. The lowest BCUT2D eigenvalue weighted by atomic mass is 9.92. The van der Waals surface area contributed by atoms with Gasteiger partial charge in [0.25, 0.3) is 10.0 Å². The van der Waals surface area contributed by atoms with Crippen LogP contribution in [0.15, 0.2) is 21.7 Å². The van der Waals surface area contributed by atoms with E-state index < -0.39 is 21.5 Å². The number of carboxylic acid groups (broad SMARTS) is 1. The first-order chi connectivity index (χ1) is 8.96. The molecule has 0 spiro atoms. The van der Waals surface area contributed by atoms with Gasteiger partial charge in [0.2, 0.25) is 0 Å². The van der Waals surface area contributed by atoms with Crippen molar-refractivity contribution in [3.63, 3.8) is 0 Å². The van der Waals surface area contributed by atoms with E-state index >= 15 is 0 Å². The zero-order valence-corrected chi connectivity index (χ0v) is 12.1. The Morgan fingerprint density at radius 3 is 2.37 bits per heavy atom. The molecule has 1 aliphatic rings. The third kappa shape index (κ3) is 3.16. The van der Waals surface area contributed by atoms with Crippen molar-refractivity contribution in [3.8, 4) is 0 Å². The van der Waals surface area contributed by atoms with E-state index in [1.807, 2.05) is 0 Å². The predicted octanol–water partition coefficient (Wildman–Crippen LogP) is 2.20. The van der Waals surface area contributed by atoms with E-state index in [-0.39, 0.29) is 4.21 Å². The average molecular weight is 303 g/mol. The molecular formula is C12H17NO4S2. The van der Waals surface area contributed by atoms with Crippen molar-refractivity contribution in [1.82, 2.24) is 4.72 Å². The van der Waals surface area contributed by atoms with Gasteiger partial charge in [-0.25, -0.2) is 8.42 Å². The van der Waals surface area contributed by atoms with Crippen LogP contribution in [0.1, 0.15) is 38.5 Å². The van der Waals surface area contributed by atoms with Crippen LogP contribution in [-0.2, 0) is 14.8 Å². The monoisotopic (exact) mass is 303 g/mol. The summed E-state index contributed by atoms with van der Waals surface area (Å²) in [6.07, 6.45) is 4.09. The fraction of sp³-hybridized carbons (Fsp3) is 0.583. The van der Waals surface area contributed by atoms with Gasteiger partial charge in [-0.1, -0.05) is 31.7 Å². The Balaban J connectivity index is 2.28. The molecule has 0 atom stereocenters. The summed E-state index contributed by atoms with van der Waals surface area (Å²) in [7, 11) is -3.75. The number of hydrogen-bond donors (Lipinski definition) is 2. The van der Waals surface area contributed by atoms with Crippen molar-refractivity contribution in [2.75, 3.05) is 0 Å². The molecule has 1 heterocycles. The van der Waals surface area contributed by atoms with Crippen molar-refractivity contribution in [3.05, 3.63) is 17.5 Å². The third-order valence-corrected chi connectivity index (χ3v) is 6.39. The van der Waals surface area contributed by atoms with Crippen molar-refractivity contribution >= 4 is 27.3 Å². The normalized spacial score (nSPS) is 19.8. The number of carbonyl (C=O) groups is 1. The number of hydrogen-bond acceptors (Lipinski definition) is 4. The zero-order chi connectivity index (χ0) is 13.9. The Hall–Kier alpha value is -0.920. The van der Waals surface area contributed by atoms with Gasteiger partial charge in [0.05, 0.1) is 0 Å². The highest BCUT2D eigenvalue weighted by atomic mass is 32.2. The smallest absolute Gasteiger partial charge is 0.324 e. The SMILES string of the molecule is O=C(O)C1(NS(=O)(=O)c2cccs2)CCCCCC1. The number of carboxylic acids is 1. The largest absolute Gasteiger partial charge is 0.480 e. The van der Waals surface area contributed by atoms with Gasteiger partial charge in [0.15, 0.2) is 0 Å². The minimum absolute atomic E-state index is 0.164. The second-order valence-electron chi connectivity index (χ2n) is 4.84. The van der Waals surface area contributed by atoms with Crippen LogP contribution in [0.3, 0.4) is 0 Å². The highest BCUT2D eigenvalue weighted by Gasteiger charge is 2.42. The van der Waals surface area contributed by atoms with E-state index in [1.165, 1.54) is 6.07 Å². The maximum atomic E-state index is 12.2. The van der Waals surface area contributed by atoms with Gasteiger partial charge >= 0.3 is 5.97 Å². The summed E-state index contributed by atoms with van der Waals surface area (Å²) < 4.78 is 27.0. The second kappa shape index (κ2) is 5.60. The van der Waals surface area contributed by atoms with Crippen molar-refractivity contribution in [1.29, 1.82) is 0 Å². The summed E-state index contributed by atoms with van der Waals surface area (Å²) in [5, 5.41) is 11.1. The van der Waals surface area contributed by atoms with Crippen molar-refractivity contribution < 1.29 is 18.3 Å². The molecule has 1 aromatic heterocycles. The maximum Gasteiger partial charge on any atom is 0.324 e. The molecule has 1 aromatic rings.